The van der Waals surface area contributed by atoms with Gasteiger partial charge in [0.05, 0.1) is 0 Å². The number of hydrogen-bond acceptors (Lipinski definition) is 1. The Morgan fingerprint density at radius 2 is 1.43 bits per heavy atom. The van der Waals surface area contributed by atoms with Crippen molar-refractivity contribution in [2.45, 2.75) is 0 Å². The summed E-state index contributed by atoms with van der Waals surface area (Å²) in [5.41, 5.74) is 0. The third kappa shape index (κ3) is 113. The number of hydrogen-bond donors (Lipinski definition) is 2. The second-order valence-corrected chi connectivity index (χ2v) is 0.848. The molecule has 0 spiro atoms. The van der Waals surface area contributed by atoms with Gasteiger partial charge in [0, 0.05) is 0 Å². The van der Waals surface area contributed by atoms with Crippen molar-refractivity contribution in [3.63, 3.8) is 0 Å². The van der Waals surface area contributed by atoms with Crippen LogP contribution >= 0.6 is 0 Å². The molecule has 0 rings (SSSR count). The fourth-order valence-corrected chi connectivity index (χ4v) is 0. The topological polar surface area (TPSA) is 89.0 Å². The van der Waals surface area contributed by atoms with Crippen molar-refractivity contribution in [1.29, 1.82) is 0 Å². The molecule has 4 N–H and O–H groups in total. The molecule has 0 heterocycles. The molecule has 7 heavy (non-hydrogen) atoms. The van der Waals surface area contributed by atoms with E-state index < -0.39 is 9.17 Å². The SMILES string of the molecule is O.O=[Si](O)O.[AlH3].[Ca+2].[H-].[H-]. The first kappa shape index (κ1) is 23.8. The normalized spacial score (nSPS) is 3.43. The van der Waals surface area contributed by atoms with Gasteiger partial charge in [0.2, 0.25) is 0 Å². The molecule has 4 nitrogen and oxygen atoms in total. The summed E-state index contributed by atoms with van der Waals surface area (Å²) < 4.78 is 8.74. The predicted molar refractivity (Wildman–Crippen MR) is 32.4 cm³/mol. The minimum atomic E-state index is -3.13. The van der Waals surface area contributed by atoms with E-state index in [0.717, 1.165) is 0 Å². The van der Waals surface area contributed by atoms with Gasteiger partial charge in [0.15, 0.2) is 17.4 Å². The smallest absolute Gasteiger partial charge is 1.00 e. The van der Waals surface area contributed by atoms with E-state index in [1.807, 2.05) is 0 Å². The summed E-state index contributed by atoms with van der Waals surface area (Å²) in [6.07, 6.45) is 0. The maximum Gasteiger partial charge on any atom is 2.00 e. The fourth-order valence-electron chi connectivity index (χ4n) is 0. The molecule has 0 saturated carbocycles. The Morgan fingerprint density at radius 3 is 1.43 bits per heavy atom. The van der Waals surface area contributed by atoms with Crippen LogP contribution in [-0.4, -0.2) is 79.3 Å². The molecule has 0 saturated heterocycles. The molecule has 0 bridgehead atoms. The molecule has 42 valence electrons. The van der Waals surface area contributed by atoms with Gasteiger partial charge in [-0.3, -0.25) is 4.46 Å². The van der Waals surface area contributed by atoms with Gasteiger partial charge in [-0.25, -0.2) is 0 Å². The zero-order valence-electron chi connectivity index (χ0n) is 5.01. The van der Waals surface area contributed by atoms with Crippen molar-refractivity contribution in [3.05, 3.63) is 0 Å². The van der Waals surface area contributed by atoms with Crippen LogP contribution < -0.4 is 0 Å². The van der Waals surface area contributed by atoms with Crippen molar-refractivity contribution >= 4 is 64.3 Å². The van der Waals surface area contributed by atoms with Crippen LogP contribution in [0.4, 0.5) is 0 Å². The van der Waals surface area contributed by atoms with Crippen molar-refractivity contribution < 1.29 is 22.4 Å². The van der Waals surface area contributed by atoms with Gasteiger partial charge in [-0.15, -0.1) is 0 Å². The van der Waals surface area contributed by atoms with E-state index in [1.54, 1.807) is 0 Å². The minimum Gasteiger partial charge on any atom is -1.00 e. The molecule has 0 amide bonds. The Labute approximate surface area is 85.9 Å². The van der Waals surface area contributed by atoms with Crippen LogP contribution in [-0.2, 0) is 4.46 Å². The van der Waals surface area contributed by atoms with E-state index in [9.17, 15) is 0 Å². The van der Waals surface area contributed by atoms with Crippen LogP contribution in [0, 0.1) is 0 Å². The van der Waals surface area contributed by atoms with E-state index in [4.69, 9.17) is 14.1 Å². The summed E-state index contributed by atoms with van der Waals surface area (Å²) in [4.78, 5) is 14.3. The monoisotopic (exact) mass is 168 g/mol. The fraction of sp³-hybridized carbons (Fsp3) is 0. The first-order chi connectivity index (χ1) is 1.73. The molecule has 0 atom stereocenters. The van der Waals surface area contributed by atoms with E-state index in [2.05, 4.69) is 0 Å². The summed E-state index contributed by atoms with van der Waals surface area (Å²) in [5.74, 6) is 0. The van der Waals surface area contributed by atoms with Gasteiger partial charge in [-0.2, -0.15) is 0 Å². The Morgan fingerprint density at radius 1 is 1.43 bits per heavy atom. The van der Waals surface area contributed by atoms with E-state index in [1.165, 1.54) is 0 Å². The molecule has 0 aromatic heterocycles. The van der Waals surface area contributed by atoms with Crippen LogP contribution in [0.15, 0.2) is 0 Å². The molecule has 0 aliphatic rings. The molecular formula is H9AlCaO4Si. The van der Waals surface area contributed by atoms with Gasteiger partial charge in [-0.1, -0.05) is 0 Å². The van der Waals surface area contributed by atoms with Gasteiger partial charge in [-0.05, 0) is 0 Å². The zero-order valence-corrected chi connectivity index (χ0v) is 6.22. The van der Waals surface area contributed by atoms with E-state index >= 15 is 0 Å². The molecular weight excluding hydrogens is 159 g/mol. The molecule has 7 heteroatoms. The average molecular weight is 168 g/mol. The zero-order chi connectivity index (χ0) is 3.58. The molecule has 0 aliphatic carbocycles. The average Bonchev–Trinajstić information content (AvgIpc) is 0.811. The second-order valence-electron chi connectivity index (χ2n) is 0.283. The third-order valence-corrected chi connectivity index (χ3v) is 0. The van der Waals surface area contributed by atoms with E-state index in [0.29, 0.717) is 0 Å². The first-order valence-electron chi connectivity index (χ1n) is 0.651. The van der Waals surface area contributed by atoms with Crippen molar-refractivity contribution in [3.8, 4) is 0 Å². The molecule has 0 fully saturated rings. The van der Waals surface area contributed by atoms with E-state index in [-0.39, 0.29) is 63.4 Å². The first-order valence-corrected chi connectivity index (χ1v) is 1.95. The van der Waals surface area contributed by atoms with Gasteiger partial charge in [0.25, 0.3) is 0 Å². The van der Waals surface area contributed by atoms with Crippen molar-refractivity contribution in [2.75, 3.05) is 0 Å². The summed E-state index contributed by atoms with van der Waals surface area (Å²) in [6, 6.07) is 0. The Balaban J connectivity index is -0.00000000450. The van der Waals surface area contributed by atoms with Crippen LogP contribution in [0.1, 0.15) is 2.85 Å². The van der Waals surface area contributed by atoms with Crippen LogP contribution in [0.2, 0.25) is 0 Å². The summed E-state index contributed by atoms with van der Waals surface area (Å²) in [5, 5.41) is 0. The predicted octanol–water partition coefficient (Wildman–Crippen LogP) is -3.78. The standard InChI is InChI=1S/Al.Ca.H2O3Si.H2O.5H/c;;1-4(2)3;;;;;;/h;;1-2H;1H2;;;;;/q;+2;;;;;;2*-1. The van der Waals surface area contributed by atoms with Crippen LogP contribution in [0.25, 0.3) is 0 Å². The van der Waals surface area contributed by atoms with Crippen molar-refractivity contribution in [1.82, 2.24) is 0 Å². The minimum absolute atomic E-state index is 0. The van der Waals surface area contributed by atoms with Gasteiger partial charge in [0.1, 0.15) is 0 Å². The Kier molecular flexibility index (Phi) is 53.3. The maximum atomic E-state index is 8.74. The largest absolute Gasteiger partial charge is 2.00 e. The second kappa shape index (κ2) is 15.7. The number of rotatable bonds is 0. The Hall–Kier alpha value is 1.37. The summed E-state index contributed by atoms with van der Waals surface area (Å²) >= 11 is 0. The molecule has 0 aliphatic heterocycles. The molecule has 0 radical (unpaired) electrons. The van der Waals surface area contributed by atoms with Crippen LogP contribution in [0.3, 0.4) is 0 Å². The molecule has 0 aromatic carbocycles. The Bertz CT molecular complexity index is 41.5. The van der Waals surface area contributed by atoms with Gasteiger partial charge < -0.3 is 17.9 Å². The summed E-state index contributed by atoms with van der Waals surface area (Å²) in [6.45, 7) is 0. The maximum absolute atomic E-state index is 8.74. The van der Waals surface area contributed by atoms with Gasteiger partial charge >= 0.3 is 46.9 Å². The molecule has 0 unspecified atom stereocenters. The third-order valence-electron chi connectivity index (χ3n) is 0. The summed E-state index contributed by atoms with van der Waals surface area (Å²) in [7, 11) is -3.13. The molecule has 0 aromatic rings. The van der Waals surface area contributed by atoms with Crippen LogP contribution in [0.5, 0.6) is 0 Å². The van der Waals surface area contributed by atoms with Crippen molar-refractivity contribution in [2.24, 2.45) is 0 Å². The quantitative estimate of drug-likeness (QED) is 0.364.